The van der Waals surface area contributed by atoms with Crippen molar-refractivity contribution in [2.75, 3.05) is 6.61 Å². The van der Waals surface area contributed by atoms with Gasteiger partial charge in [0.25, 0.3) is 5.91 Å². The highest BCUT2D eigenvalue weighted by atomic mass is 16.5. The van der Waals surface area contributed by atoms with Crippen molar-refractivity contribution in [1.29, 1.82) is 0 Å². The minimum Gasteiger partial charge on any atom is -0.435 e. The minimum absolute atomic E-state index is 0.000409. The number of ether oxygens (including phenoxy) is 1. The molecule has 5 heteroatoms. The van der Waals surface area contributed by atoms with Crippen LogP contribution >= 0.6 is 0 Å². The minimum atomic E-state index is -0.233. The lowest BCUT2D eigenvalue weighted by molar-refractivity contribution is -0.125. The maximum Gasteiger partial charge on any atom is 0.259 e. The van der Waals surface area contributed by atoms with E-state index in [0.717, 1.165) is 0 Å². The lowest BCUT2D eigenvalue weighted by atomic mass is 9.88. The van der Waals surface area contributed by atoms with Crippen LogP contribution in [0.25, 0.3) is 0 Å². The summed E-state index contributed by atoms with van der Waals surface area (Å²) < 4.78 is 4.72. The molecule has 0 aromatic carbocycles. The van der Waals surface area contributed by atoms with Crippen molar-refractivity contribution < 1.29 is 14.3 Å². The van der Waals surface area contributed by atoms with Crippen LogP contribution < -0.4 is 10.6 Å². The first-order valence-corrected chi connectivity index (χ1v) is 4.98. The van der Waals surface area contributed by atoms with Crippen LogP contribution in [0, 0.1) is 17.6 Å². The maximum atomic E-state index is 11.3. The number of carbonyl (C=O) groups excluding carboxylic acids is 2. The van der Waals surface area contributed by atoms with Crippen molar-refractivity contribution >= 4 is 12.3 Å². The molecule has 0 aromatic rings. The van der Waals surface area contributed by atoms with Gasteiger partial charge < -0.3 is 10.1 Å². The summed E-state index contributed by atoms with van der Waals surface area (Å²) in [6, 6.07) is 2.25. The highest BCUT2D eigenvalue weighted by molar-refractivity contribution is 5.77. The highest BCUT2D eigenvalue weighted by Gasteiger charge is 2.21. The highest BCUT2D eigenvalue weighted by Crippen LogP contribution is 2.18. The zero-order valence-corrected chi connectivity index (χ0v) is 10.1. The summed E-state index contributed by atoms with van der Waals surface area (Å²) in [5, 5.41) is 4.88. The number of hydrogen-bond donors (Lipinski definition) is 2. The first-order valence-electron chi connectivity index (χ1n) is 4.98. The van der Waals surface area contributed by atoms with E-state index in [1.165, 1.54) is 0 Å². The van der Waals surface area contributed by atoms with Crippen molar-refractivity contribution in [1.82, 2.24) is 10.6 Å². The molecule has 2 amide bonds. The lowest BCUT2D eigenvalue weighted by Crippen LogP contribution is -2.42. The fourth-order valence-electron chi connectivity index (χ4n) is 0.696. The smallest absolute Gasteiger partial charge is 0.259 e. The lowest BCUT2D eigenvalue weighted by Gasteiger charge is -2.27. The Labute approximate surface area is 95.9 Å². The van der Waals surface area contributed by atoms with Crippen molar-refractivity contribution in [2.24, 2.45) is 5.41 Å². The monoisotopic (exact) mass is 226 g/mol. The number of amides is 2. The van der Waals surface area contributed by atoms with Gasteiger partial charge in [0, 0.05) is 6.04 Å². The van der Waals surface area contributed by atoms with Gasteiger partial charge in [0.15, 0.2) is 6.61 Å². The molecule has 0 spiro atoms. The summed E-state index contributed by atoms with van der Waals surface area (Å²) in [5.74, 6) is -0.233. The molecular formula is C11H18N2O3. The van der Waals surface area contributed by atoms with E-state index in [2.05, 4.69) is 22.8 Å². The molecule has 0 aliphatic carbocycles. The van der Waals surface area contributed by atoms with Gasteiger partial charge in [-0.1, -0.05) is 20.8 Å². The zero-order valence-electron chi connectivity index (χ0n) is 10.1. The molecular weight excluding hydrogens is 208 g/mol. The SMILES string of the molecule is CC(NC(=O)COC#CNC=O)C(C)(C)C. The van der Waals surface area contributed by atoms with Gasteiger partial charge in [0.2, 0.25) is 6.41 Å². The predicted molar refractivity (Wildman–Crippen MR) is 60.0 cm³/mol. The summed E-state index contributed by atoms with van der Waals surface area (Å²) in [7, 11) is 0. The Morgan fingerprint density at radius 3 is 2.62 bits per heavy atom. The molecule has 0 bridgehead atoms. The van der Waals surface area contributed by atoms with Gasteiger partial charge in [-0.25, -0.2) is 0 Å². The van der Waals surface area contributed by atoms with E-state index in [1.807, 2.05) is 27.7 Å². The molecule has 1 unspecified atom stereocenters. The van der Waals surface area contributed by atoms with E-state index in [0.29, 0.717) is 6.41 Å². The molecule has 0 rings (SSSR count). The van der Waals surface area contributed by atoms with Gasteiger partial charge >= 0.3 is 0 Å². The Balaban J connectivity index is 3.85. The molecule has 0 aromatic heterocycles. The van der Waals surface area contributed by atoms with Gasteiger partial charge in [-0.05, 0) is 12.3 Å². The van der Waals surface area contributed by atoms with Crippen LogP contribution in [-0.2, 0) is 14.3 Å². The first-order chi connectivity index (χ1) is 7.38. The molecule has 90 valence electrons. The summed E-state index contributed by atoms with van der Waals surface area (Å²) in [4.78, 5) is 21.1. The fraction of sp³-hybridized carbons (Fsp3) is 0.636. The van der Waals surface area contributed by atoms with Crippen molar-refractivity contribution in [3.63, 3.8) is 0 Å². The molecule has 0 saturated heterocycles. The molecule has 0 aliphatic heterocycles. The van der Waals surface area contributed by atoms with Crippen molar-refractivity contribution in [2.45, 2.75) is 33.7 Å². The number of nitrogens with one attached hydrogen (secondary N) is 2. The second-order valence-corrected chi connectivity index (χ2v) is 4.43. The van der Waals surface area contributed by atoms with E-state index in [9.17, 15) is 9.59 Å². The third-order valence-corrected chi connectivity index (χ3v) is 2.13. The average Bonchev–Trinajstić information content (AvgIpc) is 2.16. The second kappa shape index (κ2) is 6.72. The van der Waals surface area contributed by atoms with E-state index >= 15 is 0 Å². The zero-order chi connectivity index (χ0) is 12.6. The standard InChI is InChI=1S/C11H18N2O3/c1-9(11(2,3)4)13-10(15)7-16-6-5-12-8-14/h8-9H,7H2,1-4H3,(H,12,14)(H,13,15). The van der Waals surface area contributed by atoms with E-state index in [4.69, 9.17) is 4.74 Å². The molecule has 5 nitrogen and oxygen atoms in total. The Kier molecular flexibility index (Phi) is 6.01. The van der Waals surface area contributed by atoms with Crippen LogP contribution in [0.2, 0.25) is 0 Å². The first kappa shape index (κ1) is 14.3. The number of rotatable bonds is 4. The fourth-order valence-corrected chi connectivity index (χ4v) is 0.696. The topological polar surface area (TPSA) is 67.4 Å². The summed E-state index contributed by atoms with van der Waals surface area (Å²) >= 11 is 0. The molecule has 0 fully saturated rings. The summed E-state index contributed by atoms with van der Waals surface area (Å²) in [5.41, 5.74) is 0.000409. The number of hydrogen-bond acceptors (Lipinski definition) is 3. The van der Waals surface area contributed by atoms with Crippen LogP contribution in [0.15, 0.2) is 0 Å². The third-order valence-electron chi connectivity index (χ3n) is 2.13. The third kappa shape index (κ3) is 6.71. The van der Waals surface area contributed by atoms with Gasteiger partial charge in [0.1, 0.15) is 6.11 Å². The molecule has 0 saturated carbocycles. The molecule has 1 atom stereocenters. The molecule has 16 heavy (non-hydrogen) atoms. The van der Waals surface area contributed by atoms with Gasteiger partial charge in [-0.2, -0.15) is 0 Å². The van der Waals surface area contributed by atoms with Crippen molar-refractivity contribution in [3.05, 3.63) is 0 Å². The van der Waals surface area contributed by atoms with Crippen LogP contribution in [0.4, 0.5) is 0 Å². The molecule has 0 heterocycles. The van der Waals surface area contributed by atoms with Crippen LogP contribution in [0.5, 0.6) is 0 Å². The predicted octanol–water partition coefficient (Wildman–Crippen LogP) is 0.218. The Hall–Kier alpha value is -1.70. The second-order valence-electron chi connectivity index (χ2n) is 4.43. The molecule has 2 N–H and O–H groups in total. The maximum absolute atomic E-state index is 11.3. The van der Waals surface area contributed by atoms with E-state index in [1.54, 1.807) is 0 Å². The van der Waals surface area contributed by atoms with Crippen molar-refractivity contribution in [3.8, 4) is 12.2 Å². The van der Waals surface area contributed by atoms with Crippen LogP contribution in [-0.4, -0.2) is 25.0 Å². The normalized spacial score (nSPS) is 11.8. The summed E-state index contributed by atoms with van der Waals surface area (Å²) in [6.07, 6.45) is 2.60. The number of carbonyl (C=O) groups is 2. The summed E-state index contributed by atoms with van der Waals surface area (Å²) in [6.45, 7) is 7.89. The van der Waals surface area contributed by atoms with Crippen LogP contribution in [0.3, 0.4) is 0 Å². The Bertz CT molecular complexity index is 297. The van der Waals surface area contributed by atoms with Gasteiger partial charge in [-0.3, -0.25) is 14.9 Å². The average molecular weight is 226 g/mol. The van der Waals surface area contributed by atoms with E-state index < -0.39 is 0 Å². The van der Waals surface area contributed by atoms with Gasteiger partial charge in [0.05, 0.1) is 6.04 Å². The van der Waals surface area contributed by atoms with Crippen LogP contribution in [0.1, 0.15) is 27.7 Å². The quantitative estimate of drug-likeness (QED) is 0.409. The van der Waals surface area contributed by atoms with Gasteiger partial charge in [-0.15, -0.1) is 0 Å². The molecule has 0 aliphatic rings. The Morgan fingerprint density at radius 2 is 2.12 bits per heavy atom. The Morgan fingerprint density at radius 1 is 1.50 bits per heavy atom. The molecule has 0 radical (unpaired) electrons. The van der Waals surface area contributed by atoms with E-state index in [-0.39, 0.29) is 24.0 Å². The largest absolute Gasteiger partial charge is 0.435 e.